The highest BCUT2D eigenvalue weighted by molar-refractivity contribution is 6.31. The van der Waals surface area contributed by atoms with E-state index in [4.69, 9.17) is 17.3 Å². The van der Waals surface area contributed by atoms with Gasteiger partial charge in [-0.3, -0.25) is 4.79 Å². The summed E-state index contributed by atoms with van der Waals surface area (Å²) in [6, 6.07) is 2.53. The molecule has 0 aliphatic rings. The summed E-state index contributed by atoms with van der Waals surface area (Å²) in [7, 11) is 0. The van der Waals surface area contributed by atoms with Crippen LogP contribution in [0.25, 0.3) is 0 Å². The lowest BCUT2D eigenvalue weighted by Crippen LogP contribution is -2.27. The highest BCUT2D eigenvalue weighted by Gasteiger charge is 2.22. The molecule has 0 radical (unpaired) electrons. The molecular formula is C10H12ClNO4. The number of aliphatic hydroxyl groups excluding tert-OH is 2. The standard InChI is InChI=1S/C10H12ClNO4/c11-6-1-5(4-13)9(15)7(2-6)10(16)8(14)3-12/h1-2,4,8,10,14-16H,3,12H2. The largest absolute Gasteiger partial charge is 0.507 e. The van der Waals surface area contributed by atoms with E-state index in [1.54, 1.807) is 0 Å². The first-order valence-corrected chi connectivity index (χ1v) is 4.92. The van der Waals surface area contributed by atoms with Gasteiger partial charge in [0.05, 0.1) is 11.7 Å². The maximum absolute atomic E-state index is 10.6. The molecule has 5 N–H and O–H groups in total. The fraction of sp³-hybridized carbons (Fsp3) is 0.300. The second-order valence-electron chi connectivity index (χ2n) is 3.30. The third-order valence-electron chi connectivity index (χ3n) is 2.19. The van der Waals surface area contributed by atoms with Crippen molar-refractivity contribution in [1.29, 1.82) is 0 Å². The maximum atomic E-state index is 10.6. The monoisotopic (exact) mass is 245 g/mol. The predicted molar refractivity (Wildman–Crippen MR) is 58.5 cm³/mol. The van der Waals surface area contributed by atoms with Crippen LogP contribution in [0.3, 0.4) is 0 Å². The summed E-state index contributed by atoms with van der Waals surface area (Å²) in [6.45, 7) is -0.177. The van der Waals surface area contributed by atoms with Crippen LogP contribution < -0.4 is 5.73 Å². The van der Waals surface area contributed by atoms with Crippen LogP contribution in [-0.4, -0.2) is 34.3 Å². The van der Waals surface area contributed by atoms with Gasteiger partial charge in [-0.2, -0.15) is 0 Å². The second kappa shape index (κ2) is 5.27. The number of hydrogen-bond donors (Lipinski definition) is 4. The number of aliphatic hydroxyl groups is 2. The molecule has 0 fully saturated rings. The predicted octanol–water partition coefficient (Wildman–Crippen LogP) is 0.211. The molecule has 0 spiro atoms. The van der Waals surface area contributed by atoms with Crippen molar-refractivity contribution in [3.05, 3.63) is 28.3 Å². The van der Waals surface area contributed by atoms with Gasteiger partial charge >= 0.3 is 0 Å². The van der Waals surface area contributed by atoms with Crippen LogP contribution >= 0.6 is 11.6 Å². The molecule has 0 amide bonds. The molecule has 0 saturated carbocycles. The van der Waals surface area contributed by atoms with Crippen molar-refractivity contribution in [3.63, 3.8) is 0 Å². The Kier molecular flexibility index (Phi) is 4.26. The fourth-order valence-corrected chi connectivity index (χ4v) is 1.53. The normalized spacial score (nSPS) is 14.5. The molecule has 6 heteroatoms. The summed E-state index contributed by atoms with van der Waals surface area (Å²) in [4.78, 5) is 10.6. The van der Waals surface area contributed by atoms with Crippen LogP contribution in [0.2, 0.25) is 5.02 Å². The van der Waals surface area contributed by atoms with Crippen LogP contribution in [0.4, 0.5) is 0 Å². The number of aldehydes is 1. The number of rotatable bonds is 4. The summed E-state index contributed by atoms with van der Waals surface area (Å²) in [6.07, 6.45) is -2.21. The van der Waals surface area contributed by atoms with E-state index in [0.29, 0.717) is 6.29 Å². The smallest absolute Gasteiger partial charge is 0.153 e. The van der Waals surface area contributed by atoms with Gasteiger partial charge in [0, 0.05) is 17.1 Å². The molecule has 2 atom stereocenters. The summed E-state index contributed by atoms with van der Waals surface area (Å²) in [5, 5.41) is 28.8. The SMILES string of the molecule is NCC(O)C(O)c1cc(Cl)cc(C=O)c1O. The summed E-state index contributed by atoms with van der Waals surface area (Å²) >= 11 is 5.70. The van der Waals surface area contributed by atoms with Crippen LogP contribution in [0.5, 0.6) is 5.75 Å². The average molecular weight is 246 g/mol. The number of aromatic hydroxyl groups is 1. The lowest BCUT2D eigenvalue weighted by atomic mass is 10.0. The molecule has 0 aliphatic carbocycles. The lowest BCUT2D eigenvalue weighted by Gasteiger charge is -2.18. The number of nitrogens with two attached hydrogens (primary N) is 1. The first-order chi connectivity index (χ1) is 7.51. The van der Waals surface area contributed by atoms with Gasteiger partial charge in [0.2, 0.25) is 0 Å². The third-order valence-corrected chi connectivity index (χ3v) is 2.40. The zero-order valence-electron chi connectivity index (χ0n) is 8.30. The highest BCUT2D eigenvalue weighted by Crippen LogP contribution is 2.32. The molecule has 0 heterocycles. The highest BCUT2D eigenvalue weighted by atomic mass is 35.5. The van der Waals surface area contributed by atoms with Crippen LogP contribution in [0.1, 0.15) is 22.0 Å². The quantitative estimate of drug-likeness (QED) is 0.568. The van der Waals surface area contributed by atoms with Crippen molar-refractivity contribution in [2.24, 2.45) is 5.73 Å². The van der Waals surface area contributed by atoms with E-state index in [0.717, 1.165) is 0 Å². The van der Waals surface area contributed by atoms with E-state index >= 15 is 0 Å². The molecule has 1 rings (SSSR count). The Hall–Kier alpha value is -1.14. The van der Waals surface area contributed by atoms with E-state index in [1.807, 2.05) is 0 Å². The Morgan fingerprint density at radius 1 is 1.44 bits per heavy atom. The number of phenols is 1. The van der Waals surface area contributed by atoms with Gasteiger partial charge in [-0.1, -0.05) is 11.6 Å². The molecule has 88 valence electrons. The molecule has 2 unspecified atom stereocenters. The minimum atomic E-state index is -1.39. The summed E-state index contributed by atoms with van der Waals surface area (Å²) in [5.74, 6) is -0.403. The summed E-state index contributed by atoms with van der Waals surface area (Å²) < 4.78 is 0. The van der Waals surface area contributed by atoms with Crippen LogP contribution in [0.15, 0.2) is 12.1 Å². The lowest BCUT2D eigenvalue weighted by molar-refractivity contribution is 0.0229. The maximum Gasteiger partial charge on any atom is 0.153 e. The molecule has 16 heavy (non-hydrogen) atoms. The molecular weight excluding hydrogens is 234 g/mol. The van der Waals surface area contributed by atoms with Crippen molar-refractivity contribution in [1.82, 2.24) is 0 Å². The zero-order valence-corrected chi connectivity index (χ0v) is 9.05. The van der Waals surface area contributed by atoms with Gasteiger partial charge in [-0.05, 0) is 12.1 Å². The molecule has 0 bridgehead atoms. The van der Waals surface area contributed by atoms with Gasteiger partial charge in [0.25, 0.3) is 0 Å². The van der Waals surface area contributed by atoms with E-state index < -0.39 is 18.0 Å². The summed E-state index contributed by atoms with van der Waals surface area (Å²) in [5.41, 5.74) is 5.10. The van der Waals surface area contributed by atoms with Crippen molar-refractivity contribution in [3.8, 4) is 5.75 Å². The molecule has 1 aromatic carbocycles. The van der Waals surface area contributed by atoms with Gasteiger partial charge in [0.15, 0.2) is 6.29 Å². The second-order valence-corrected chi connectivity index (χ2v) is 3.74. The zero-order chi connectivity index (χ0) is 12.3. The number of halogens is 1. The molecule has 0 aliphatic heterocycles. The molecule has 0 saturated heterocycles. The van der Waals surface area contributed by atoms with Crippen molar-refractivity contribution < 1.29 is 20.1 Å². The third kappa shape index (κ3) is 2.51. The molecule has 0 aromatic heterocycles. The van der Waals surface area contributed by atoms with Gasteiger partial charge < -0.3 is 21.1 Å². The fourth-order valence-electron chi connectivity index (χ4n) is 1.29. The number of carbonyl (C=O) groups is 1. The van der Waals surface area contributed by atoms with Gasteiger partial charge in [-0.25, -0.2) is 0 Å². The van der Waals surface area contributed by atoms with Crippen LogP contribution in [-0.2, 0) is 0 Å². The number of benzene rings is 1. The Morgan fingerprint density at radius 3 is 2.56 bits per heavy atom. The number of phenolic OH excluding ortho intramolecular Hbond substituents is 1. The van der Waals surface area contributed by atoms with E-state index in [9.17, 15) is 20.1 Å². The van der Waals surface area contributed by atoms with Gasteiger partial charge in [0.1, 0.15) is 11.9 Å². The van der Waals surface area contributed by atoms with Gasteiger partial charge in [-0.15, -0.1) is 0 Å². The Balaban J connectivity index is 3.22. The Morgan fingerprint density at radius 2 is 2.06 bits per heavy atom. The Bertz CT molecular complexity index is 397. The van der Waals surface area contributed by atoms with Crippen LogP contribution in [0, 0.1) is 0 Å². The molecule has 1 aromatic rings. The van der Waals surface area contributed by atoms with E-state index in [-0.39, 0.29) is 22.7 Å². The molecule has 5 nitrogen and oxygen atoms in total. The van der Waals surface area contributed by atoms with Crippen molar-refractivity contribution >= 4 is 17.9 Å². The van der Waals surface area contributed by atoms with E-state index in [2.05, 4.69) is 0 Å². The van der Waals surface area contributed by atoms with Crippen molar-refractivity contribution in [2.45, 2.75) is 12.2 Å². The van der Waals surface area contributed by atoms with Crippen molar-refractivity contribution in [2.75, 3.05) is 6.54 Å². The van der Waals surface area contributed by atoms with E-state index in [1.165, 1.54) is 12.1 Å². The first-order valence-electron chi connectivity index (χ1n) is 4.55. The minimum Gasteiger partial charge on any atom is -0.507 e. The topological polar surface area (TPSA) is 104 Å². The number of carbonyl (C=O) groups excluding carboxylic acids is 1. The minimum absolute atomic E-state index is 0.0208. The Labute approximate surface area is 97.1 Å². The first kappa shape index (κ1) is 12.9. The average Bonchev–Trinajstić information content (AvgIpc) is 2.29. The number of hydrogen-bond acceptors (Lipinski definition) is 5.